The maximum absolute atomic E-state index is 6.16. The van der Waals surface area contributed by atoms with Crippen LogP contribution in [-0.4, -0.2) is 33.2 Å². The zero-order valence-corrected chi connectivity index (χ0v) is 28.9. The molecule has 0 amide bonds. The summed E-state index contributed by atoms with van der Waals surface area (Å²) in [7, 11) is -2.89. The topological polar surface area (TPSA) is 32.6 Å². The molecule has 0 aliphatic heterocycles. The molecule has 5 rings (SSSR count). The number of unbranched alkanes of at least 4 members (excludes halogenated alkanes) is 3. The molecule has 3 aromatic heterocycles. The summed E-state index contributed by atoms with van der Waals surface area (Å²) in [5, 5.41) is 2.67. The molecule has 0 saturated carbocycles. The van der Waals surface area contributed by atoms with Crippen LogP contribution in [0.25, 0.3) is 44.4 Å². The molecule has 0 atom stereocenters. The van der Waals surface area contributed by atoms with Crippen LogP contribution in [0, 0.1) is 0 Å². The fraction of sp³-hybridized carbons (Fsp3) is 0.389. The Kier molecular flexibility index (Phi) is 11.1. The summed E-state index contributed by atoms with van der Waals surface area (Å²) >= 11 is 3.63. The number of rotatable bonds is 16. The Morgan fingerprint density at radius 1 is 0.721 bits per heavy atom. The molecular formula is C36H45NO3S2Si. The Bertz CT molecular complexity index is 1650. The normalized spacial score (nSPS) is 12.4. The Morgan fingerprint density at radius 2 is 1.47 bits per heavy atom. The lowest BCUT2D eigenvalue weighted by atomic mass is 10.0. The van der Waals surface area contributed by atoms with E-state index in [-0.39, 0.29) is 0 Å². The molecule has 0 bridgehead atoms. The van der Waals surface area contributed by atoms with Gasteiger partial charge < -0.3 is 17.8 Å². The number of fused-ring (bicyclic) bond motifs is 3. The summed E-state index contributed by atoms with van der Waals surface area (Å²) in [5.74, 6) is 0. The number of benzene rings is 2. The molecule has 0 aliphatic carbocycles. The van der Waals surface area contributed by atoms with E-state index in [4.69, 9.17) is 13.3 Å². The van der Waals surface area contributed by atoms with Crippen molar-refractivity contribution in [3.8, 4) is 10.4 Å². The molecule has 0 radical (unpaired) electrons. The molecule has 7 heteroatoms. The van der Waals surface area contributed by atoms with E-state index < -0.39 is 8.80 Å². The zero-order chi connectivity index (χ0) is 30.2. The lowest BCUT2D eigenvalue weighted by molar-refractivity contribution is 0.0866. The minimum absolute atomic E-state index is 0.569. The van der Waals surface area contributed by atoms with Gasteiger partial charge in [-0.2, -0.15) is 0 Å². The van der Waals surface area contributed by atoms with Crippen molar-refractivity contribution in [1.29, 1.82) is 0 Å². The maximum atomic E-state index is 6.16. The average Bonchev–Trinajstić information content (AvgIpc) is 3.74. The number of aryl methyl sites for hydroxylation is 2. The first-order valence-electron chi connectivity index (χ1n) is 15.9. The molecule has 4 nitrogen and oxygen atoms in total. The molecule has 43 heavy (non-hydrogen) atoms. The van der Waals surface area contributed by atoms with Gasteiger partial charge in [0.15, 0.2) is 0 Å². The first kappa shape index (κ1) is 31.9. The molecule has 0 aliphatic rings. The van der Waals surface area contributed by atoms with Gasteiger partial charge >= 0.3 is 8.80 Å². The second-order valence-electron chi connectivity index (χ2n) is 10.7. The first-order valence-corrected chi connectivity index (χ1v) is 19.3. The van der Waals surface area contributed by atoms with Crippen LogP contribution in [0.4, 0.5) is 0 Å². The van der Waals surface area contributed by atoms with Gasteiger partial charge in [-0.25, -0.2) is 0 Å². The van der Waals surface area contributed by atoms with Gasteiger partial charge in [-0.1, -0.05) is 50.5 Å². The number of thiophene rings is 2. The van der Waals surface area contributed by atoms with Crippen molar-refractivity contribution < 1.29 is 13.3 Å². The van der Waals surface area contributed by atoms with Gasteiger partial charge in [-0.15, -0.1) is 22.7 Å². The van der Waals surface area contributed by atoms with E-state index >= 15 is 0 Å². The number of hydrogen-bond acceptors (Lipinski definition) is 5. The van der Waals surface area contributed by atoms with E-state index in [9.17, 15) is 0 Å². The Hall–Kier alpha value is -2.52. The molecule has 0 unspecified atom stereocenters. The molecule has 0 fully saturated rings. The third kappa shape index (κ3) is 6.93. The number of aromatic nitrogens is 1. The second kappa shape index (κ2) is 15.0. The summed E-state index contributed by atoms with van der Waals surface area (Å²) in [4.78, 5) is 3.87. The fourth-order valence-electron chi connectivity index (χ4n) is 5.88. The summed E-state index contributed by atoms with van der Waals surface area (Å²) < 4.78 is 22.0. The minimum atomic E-state index is -2.89. The van der Waals surface area contributed by atoms with E-state index in [1.165, 1.54) is 73.2 Å². The highest BCUT2D eigenvalue weighted by molar-refractivity contribution is 7.24. The van der Waals surface area contributed by atoms with E-state index in [1.807, 2.05) is 32.1 Å². The van der Waals surface area contributed by atoms with Crippen LogP contribution < -0.4 is 4.50 Å². The van der Waals surface area contributed by atoms with E-state index in [2.05, 4.69) is 91.2 Å². The van der Waals surface area contributed by atoms with Gasteiger partial charge in [0.05, 0.1) is 4.50 Å². The van der Waals surface area contributed by atoms with Crippen LogP contribution in [0.5, 0.6) is 0 Å². The third-order valence-corrected chi connectivity index (χ3v) is 13.7. The van der Waals surface area contributed by atoms with Gasteiger partial charge in [-0.3, -0.25) is 0 Å². The Balaban J connectivity index is 1.48. The quantitative estimate of drug-likeness (QED) is 0.0802. The van der Waals surface area contributed by atoms with E-state index in [0.29, 0.717) is 19.8 Å². The van der Waals surface area contributed by atoms with Crippen molar-refractivity contribution in [3.05, 3.63) is 76.0 Å². The standard InChI is InChI=1S/C36H45NO3S2Si/c1-6-11-12-13-16-27-26-35(28-19-22-33-31(25-28)30-17-14-15-18-32(30)37(33)7-2)42-34(27)23-20-29-21-24-36(41-29)43(38-8-3,39-9-4)40-10-5/h14-15,17-26H,6-13,16H2,1-5H3/b23-20+. The van der Waals surface area contributed by atoms with Crippen molar-refractivity contribution in [2.75, 3.05) is 19.8 Å². The number of hydrogen-bond donors (Lipinski definition) is 0. The first-order chi connectivity index (χ1) is 21.1. The minimum Gasteiger partial charge on any atom is -0.370 e. The van der Waals surface area contributed by atoms with E-state index in [0.717, 1.165) is 17.5 Å². The smallest absolute Gasteiger partial charge is 0.370 e. The van der Waals surface area contributed by atoms with Gasteiger partial charge in [0.2, 0.25) is 0 Å². The highest BCUT2D eigenvalue weighted by atomic mass is 32.1. The van der Waals surface area contributed by atoms with Crippen molar-refractivity contribution in [2.45, 2.75) is 73.3 Å². The van der Waals surface area contributed by atoms with Crippen molar-refractivity contribution in [3.63, 3.8) is 0 Å². The monoisotopic (exact) mass is 631 g/mol. The molecule has 228 valence electrons. The van der Waals surface area contributed by atoms with Gasteiger partial charge in [0.1, 0.15) is 0 Å². The summed E-state index contributed by atoms with van der Waals surface area (Å²) in [5.41, 5.74) is 5.36. The molecule has 0 spiro atoms. The SMILES string of the molecule is CCCCCCc1cc(-c2ccc3c(c2)c2ccccc2n3CC)sc1/C=C/c1ccc([Si](OCC)(OCC)OCC)s1. The molecule has 3 heterocycles. The molecular weight excluding hydrogens is 587 g/mol. The summed E-state index contributed by atoms with van der Waals surface area (Å²) in [6, 6.07) is 22.5. The average molecular weight is 632 g/mol. The number of para-hydroxylation sites is 1. The third-order valence-electron chi connectivity index (χ3n) is 7.85. The van der Waals surface area contributed by atoms with Crippen molar-refractivity contribution in [1.82, 2.24) is 4.57 Å². The highest BCUT2D eigenvalue weighted by Gasteiger charge is 2.44. The van der Waals surface area contributed by atoms with Crippen LogP contribution in [0.3, 0.4) is 0 Å². The number of nitrogens with zero attached hydrogens (tertiary/aromatic N) is 1. The summed E-state index contributed by atoms with van der Waals surface area (Å²) in [6.07, 6.45) is 10.7. The van der Waals surface area contributed by atoms with Crippen LogP contribution >= 0.6 is 22.7 Å². The molecule has 2 aromatic carbocycles. The highest BCUT2D eigenvalue weighted by Crippen LogP contribution is 2.38. The predicted octanol–water partition coefficient (Wildman–Crippen LogP) is 10.2. The fourth-order valence-corrected chi connectivity index (χ4v) is 11.1. The maximum Gasteiger partial charge on any atom is 0.547 e. The molecule has 5 aromatic rings. The van der Waals surface area contributed by atoms with Crippen LogP contribution in [-0.2, 0) is 26.2 Å². The second-order valence-corrected chi connectivity index (χ2v) is 15.8. The largest absolute Gasteiger partial charge is 0.547 e. The van der Waals surface area contributed by atoms with Crippen LogP contribution in [0.1, 0.15) is 75.6 Å². The zero-order valence-electron chi connectivity index (χ0n) is 26.3. The van der Waals surface area contributed by atoms with Crippen LogP contribution in [0.15, 0.2) is 60.7 Å². The van der Waals surface area contributed by atoms with Crippen molar-refractivity contribution >= 4 is 69.9 Å². The van der Waals surface area contributed by atoms with Crippen molar-refractivity contribution in [2.24, 2.45) is 0 Å². The lowest BCUT2D eigenvalue weighted by Gasteiger charge is -2.27. The Morgan fingerprint density at radius 3 is 2.19 bits per heavy atom. The summed E-state index contributed by atoms with van der Waals surface area (Å²) in [6.45, 7) is 13.2. The molecule has 0 N–H and O–H groups in total. The van der Waals surface area contributed by atoms with Gasteiger partial charge in [0, 0.05) is 62.8 Å². The van der Waals surface area contributed by atoms with Gasteiger partial charge in [0.25, 0.3) is 0 Å². The van der Waals surface area contributed by atoms with Crippen LogP contribution in [0.2, 0.25) is 0 Å². The lowest BCUT2D eigenvalue weighted by Crippen LogP contribution is -2.55. The Labute approximate surface area is 266 Å². The van der Waals surface area contributed by atoms with E-state index in [1.54, 1.807) is 11.3 Å². The van der Waals surface area contributed by atoms with Gasteiger partial charge in [-0.05, 0) is 100 Å². The predicted molar refractivity (Wildman–Crippen MR) is 190 cm³/mol. The molecule has 0 saturated heterocycles.